The number of nitrogens with zero attached hydrogens (tertiary/aromatic N) is 2. The van der Waals surface area contributed by atoms with Crippen LogP contribution in [0.2, 0.25) is 0 Å². The lowest BCUT2D eigenvalue weighted by Gasteiger charge is -2.34. The molecule has 0 aliphatic carbocycles. The van der Waals surface area contributed by atoms with E-state index >= 15 is 0 Å². The van der Waals surface area contributed by atoms with E-state index in [0.29, 0.717) is 6.04 Å². The third-order valence-electron chi connectivity index (χ3n) is 2.87. The van der Waals surface area contributed by atoms with Gasteiger partial charge < -0.3 is 10.3 Å². The van der Waals surface area contributed by atoms with Crippen molar-refractivity contribution in [3.63, 3.8) is 0 Å². The van der Waals surface area contributed by atoms with Crippen molar-refractivity contribution >= 4 is 0 Å². The quantitative estimate of drug-likeness (QED) is 0.781. The van der Waals surface area contributed by atoms with E-state index in [1.807, 2.05) is 6.07 Å². The molecule has 0 spiro atoms. The van der Waals surface area contributed by atoms with Crippen molar-refractivity contribution in [2.75, 3.05) is 13.1 Å². The number of hydrogen-bond donors (Lipinski definition) is 1. The predicted molar refractivity (Wildman–Crippen MR) is 53.6 cm³/mol. The van der Waals surface area contributed by atoms with Crippen LogP contribution >= 0.6 is 0 Å². The number of piperidine rings is 1. The van der Waals surface area contributed by atoms with E-state index in [2.05, 4.69) is 10.1 Å². The molecule has 1 atom stereocenters. The molecule has 1 aliphatic rings. The summed E-state index contributed by atoms with van der Waals surface area (Å²) in [6.07, 6.45) is 5.47. The zero-order valence-electron chi connectivity index (χ0n) is 8.35. The molecule has 0 radical (unpaired) electrons. The lowest BCUT2D eigenvalue weighted by atomic mass is 10.0. The number of nitrogens with two attached hydrogens (primary N) is 1. The highest BCUT2D eigenvalue weighted by molar-refractivity contribution is 4.94. The zero-order valence-corrected chi connectivity index (χ0v) is 8.35. The van der Waals surface area contributed by atoms with Gasteiger partial charge in [0.25, 0.3) is 0 Å². The van der Waals surface area contributed by atoms with E-state index in [1.54, 1.807) is 6.20 Å². The van der Waals surface area contributed by atoms with Crippen LogP contribution in [0.1, 0.15) is 25.0 Å². The van der Waals surface area contributed by atoms with E-state index < -0.39 is 0 Å². The Bertz CT molecular complexity index is 260. The Kier molecular flexibility index (Phi) is 3.16. The second-order valence-electron chi connectivity index (χ2n) is 3.83. The van der Waals surface area contributed by atoms with E-state index in [-0.39, 0.29) is 0 Å². The fourth-order valence-electron chi connectivity index (χ4n) is 2.06. The average molecular weight is 195 g/mol. The van der Waals surface area contributed by atoms with E-state index in [4.69, 9.17) is 10.3 Å². The van der Waals surface area contributed by atoms with Gasteiger partial charge in [-0.3, -0.25) is 4.90 Å². The van der Waals surface area contributed by atoms with Crippen LogP contribution in [0.5, 0.6) is 0 Å². The van der Waals surface area contributed by atoms with Crippen LogP contribution in [0.15, 0.2) is 16.8 Å². The molecule has 1 unspecified atom stereocenters. The number of likely N-dealkylation sites (tertiary alicyclic amines) is 1. The van der Waals surface area contributed by atoms with E-state index in [9.17, 15) is 0 Å². The number of rotatable bonds is 3. The van der Waals surface area contributed by atoms with Gasteiger partial charge in [0.05, 0.1) is 12.7 Å². The van der Waals surface area contributed by atoms with Crippen LogP contribution in [0.3, 0.4) is 0 Å². The van der Waals surface area contributed by atoms with Crippen molar-refractivity contribution in [1.82, 2.24) is 10.1 Å². The summed E-state index contributed by atoms with van der Waals surface area (Å²) >= 11 is 0. The smallest absolute Gasteiger partial charge is 0.150 e. The average Bonchev–Trinajstić information content (AvgIpc) is 2.71. The summed E-state index contributed by atoms with van der Waals surface area (Å²) in [5, 5.41) is 3.71. The molecule has 0 saturated carbocycles. The van der Waals surface area contributed by atoms with Crippen LogP contribution in [0.4, 0.5) is 0 Å². The van der Waals surface area contributed by atoms with Gasteiger partial charge in [-0.15, -0.1) is 0 Å². The van der Waals surface area contributed by atoms with Crippen molar-refractivity contribution < 1.29 is 4.52 Å². The molecular formula is C10H17N3O. The standard InChI is InChI=1S/C10H17N3O/c11-7-9-3-1-2-6-13(9)8-10-4-5-12-14-10/h4-5,9H,1-3,6-8,11H2. The molecule has 1 fully saturated rings. The molecule has 4 heteroatoms. The minimum Gasteiger partial charge on any atom is -0.360 e. The maximum Gasteiger partial charge on any atom is 0.150 e. The Morgan fingerprint density at radius 3 is 3.21 bits per heavy atom. The summed E-state index contributed by atoms with van der Waals surface area (Å²) in [6.45, 7) is 2.72. The maximum atomic E-state index is 5.73. The van der Waals surface area contributed by atoms with Gasteiger partial charge >= 0.3 is 0 Å². The molecule has 0 amide bonds. The lowest BCUT2D eigenvalue weighted by Crippen LogP contribution is -2.43. The molecule has 1 aromatic rings. The monoisotopic (exact) mass is 195 g/mol. The van der Waals surface area contributed by atoms with Gasteiger partial charge in [0.2, 0.25) is 0 Å². The second-order valence-corrected chi connectivity index (χ2v) is 3.83. The fourth-order valence-corrected chi connectivity index (χ4v) is 2.06. The van der Waals surface area contributed by atoms with Crippen LogP contribution in [-0.2, 0) is 6.54 Å². The lowest BCUT2D eigenvalue weighted by molar-refractivity contribution is 0.130. The molecule has 1 saturated heterocycles. The highest BCUT2D eigenvalue weighted by Crippen LogP contribution is 2.18. The second kappa shape index (κ2) is 4.57. The summed E-state index contributed by atoms with van der Waals surface area (Å²) in [7, 11) is 0. The first kappa shape index (κ1) is 9.68. The minimum atomic E-state index is 0.522. The SMILES string of the molecule is NCC1CCCCN1Cc1ccno1. The van der Waals surface area contributed by atoms with E-state index in [1.165, 1.54) is 19.3 Å². The maximum absolute atomic E-state index is 5.73. The van der Waals surface area contributed by atoms with Gasteiger partial charge in [-0.05, 0) is 19.4 Å². The van der Waals surface area contributed by atoms with Gasteiger partial charge in [-0.1, -0.05) is 11.6 Å². The summed E-state index contributed by atoms with van der Waals surface area (Å²) in [6, 6.07) is 2.44. The van der Waals surface area contributed by atoms with Gasteiger partial charge in [0.1, 0.15) is 0 Å². The highest BCUT2D eigenvalue weighted by atomic mass is 16.5. The van der Waals surface area contributed by atoms with Gasteiger partial charge in [0, 0.05) is 18.7 Å². The van der Waals surface area contributed by atoms with Gasteiger partial charge in [-0.2, -0.15) is 0 Å². The van der Waals surface area contributed by atoms with Gasteiger partial charge in [0.15, 0.2) is 5.76 Å². The number of aromatic nitrogens is 1. The van der Waals surface area contributed by atoms with Crippen LogP contribution < -0.4 is 5.73 Å². The Balaban J connectivity index is 1.94. The fraction of sp³-hybridized carbons (Fsp3) is 0.700. The Hall–Kier alpha value is -0.870. The molecule has 2 heterocycles. The Labute approximate surface area is 84.0 Å². The zero-order chi connectivity index (χ0) is 9.80. The van der Waals surface area contributed by atoms with E-state index in [0.717, 1.165) is 25.4 Å². The summed E-state index contributed by atoms with van der Waals surface area (Å²) < 4.78 is 5.10. The molecular weight excluding hydrogens is 178 g/mol. The molecule has 2 N–H and O–H groups in total. The first-order valence-corrected chi connectivity index (χ1v) is 5.24. The predicted octanol–water partition coefficient (Wildman–Crippen LogP) is 0.988. The molecule has 2 rings (SSSR count). The van der Waals surface area contributed by atoms with Crippen molar-refractivity contribution in [3.8, 4) is 0 Å². The summed E-state index contributed by atoms with van der Waals surface area (Å²) in [5.74, 6) is 0.936. The number of hydrogen-bond acceptors (Lipinski definition) is 4. The van der Waals surface area contributed by atoms with Crippen LogP contribution in [0, 0.1) is 0 Å². The third kappa shape index (κ3) is 2.13. The summed E-state index contributed by atoms with van der Waals surface area (Å²) in [5.41, 5.74) is 5.73. The first-order valence-electron chi connectivity index (χ1n) is 5.24. The third-order valence-corrected chi connectivity index (χ3v) is 2.87. The normalized spacial score (nSPS) is 23.9. The molecule has 0 bridgehead atoms. The molecule has 0 aromatic carbocycles. The first-order chi connectivity index (χ1) is 6.90. The topological polar surface area (TPSA) is 55.3 Å². The Morgan fingerprint density at radius 1 is 1.57 bits per heavy atom. The molecule has 14 heavy (non-hydrogen) atoms. The highest BCUT2D eigenvalue weighted by Gasteiger charge is 2.21. The van der Waals surface area contributed by atoms with Crippen molar-refractivity contribution in [3.05, 3.63) is 18.0 Å². The summed E-state index contributed by atoms with van der Waals surface area (Å²) in [4.78, 5) is 2.39. The molecule has 1 aromatic heterocycles. The van der Waals surface area contributed by atoms with Crippen LogP contribution in [0.25, 0.3) is 0 Å². The van der Waals surface area contributed by atoms with Gasteiger partial charge in [-0.25, -0.2) is 0 Å². The van der Waals surface area contributed by atoms with Crippen molar-refractivity contribution in [2.45, 2.75) is 31.8 Å². The Morgan fingerprint density at radius 2 is 2.50 bits per heavy atom. The van der Waals surface area contributed by atoms with Crippen molar-refractivity contribution in [1.29, 1.82) is 0 Å². The molecule has 1 aliphatic heterocycles. The molecule has 78 valence electrons. The van der Waals surface area contributed by atoms with Crippen LogP contribution in [-0.4, -0.2) is 29.2 Å². The molecule has 4 nitrogen and oxygen atoms in total. The minimum absolute atomic E-state index is 0.522. The van der Waals surface area contributed by atoms with Crippen molar-refractivity contribution in [2.24, 2.45) is 5.73 Å². The largest absolute Gasteiger partial charge is 0.360 e.